The van der Waals surface area contributed by atoms with Gasteiger partial charge < -0.3 is 4.74 Å². The third-order valence-electron chi connectivity index (χ3n) is 2.79. The molecule has 0 aliphatic rings. The van der Waals surface area contributed by atoms with Crippen molar-refractivity contribution in [3.8, 4) is 0 Å². The van der Waals surface area contributed by atoms with Crippen LogP contribution < -0.4 is 0 Å². The highest BCUT2D eigenvalue weighted by Gasteiger charge is 2.14. The number of benzene rings is 2. The molecule has 0 spiro atoms. The predicted molar refractivity (Wildman–Crippen MR) is 72.0 cm³/mol. The maximum Gasteiger partial charge on any atom is 0.346 e. The number of esters is 2. The maximum atomic E-state index is 11.8. The summed E-state index contributed by atoms with van der Waals surface area (Å²) in [5.41, 5.74) is 1.87. The maximum absolute atomic E-state index is 11.8. The summed E-state index contributed by atoms with van der Waals surface area (Å²) in [4.78, 5) is 23.5. The summed E-state index contributed by atoms with van der Waals surface area (Å²) in [6.45, 7) is 2.03. The number of hydrogen-bond donors (Lipinski definition) is 0. The molecule has 0 aromatic heterocycles. The van der Waals surface area contributed by atoms with E-state index in [9.17, 15) is 9.59 Å². The number of aryl methyl sites for hydroxylation is 1. The minimum atomic E-state index is -0.634. The number of carbonyl (C=O) groups excluding carboxylic acids is 2. The molecule has 19 heavy (non-hydrogen) atoms. The van der Waals surface area contributed by atoms with Crippen LogP contribution in [0.4, 0.5) is 0 Å². The van der Waals surface area contributed by atoms with Crippen molar-refractivity contribution in [2.75, 3.05) is 0 Å². The minimum Gasteiger partial charge on any atom is -0.386 e. The molecule has 3 heteroatoms. The molecule has 0 N–H and O–H groups in total. The van der Waals surface area contributed by atoms with E-state index in [4.69, 9.17) is 4.74 Å². The third kappa shape index (κ3) is 3.28. The average Bonchev–Trinajstić information content (AvgIpc) is 2.48. The standard InChI is InChI=1S/C16H14O3/c1-2-12-8-10-14(11-9-12)16(18)19-15(17)13-6-4-3-5-7-13/h3-11H,2H2,1H3. The second-order valence-corrected chi connectivity index (χ2v) is 4.09. The van der Waals surface area contributed by atoms with Crippen molar-refractivity contribution in [3.63, 3.8) is 0 Å². The van der Waals surface area contributed by atoms with Gasteiger partial charge in [-0.05, 0) is 36.2 Å². The molecule has 0 unspecified atom stereocenters. The Morgan fingerprint density at radius 1 is 0.842 bits per heavy atom. The Hall–Kier alpha value is -2.42. The summed E-state index contributed by atoms with van der Waals surface area (Å²) >= 11 is 0. The first-order chi connectivity index (χ1) is 9.20. The molecule has 2 rings (SSSR count). The summed E-state index contributed by atoms with van der Waals surface area (Å²) < 4.78 is 4.82. The lowest BCUT2D eigenvalue weighted by Crippen LogP contribution is -2.12. The van der Waals surface area contributed by atoms with Gasteiger partial charge in [-0.15, -0.1) is 0 Å². The number of carbonyl (C=O) groups is 2. The van der Waals surface area contributed by atoms with Crippen LogP contribution in [0.1, 0.15) is 33.2 Å². The molecule has 0 aliphatic heterocycles. The second kappa shape index (κ2) is 5.96. The number of ether oxygens (including phenoxy) is 1. The zero-order valence-corrected chi connectivity index (χ0v) is 10.6. The molecule has 0 radical (unpaired) electrons. The van der Waals surface area contributed by atoms with E-state index in [1.165, 1.54) is 0 Å². The van der Waals surface area contributed by atoms with E-state index < -0.39 is 11.9 Å². The van der Waals surface area contributed by atoms with Crippen LogP contribution in [-0.4, -0.2) is 11.9 Å². The number of rotatable bonds is 3. The van der Waals surface area contributed by atoms with Gasteiger partial charge in [0.2, 0.25) is 0 Å². The fourth-order valence-corrected chi connectivity index (χ4v) is 1.65. The largest absolute Gasteiger partial charge is 0.386 e. The zero-order valence-electron chi connectivity index (χ0n) is 10.6. The molecule has 2 aromatic carbocycles. The highest BCUT2D eigenvalue weighted by Crippen LogP contribution is 2.08. The van der Waals surface area contributed by atoms with E-state index >= 15 is 0 Å². The lowest BCUT2D eigenvalue weighted by molar-refractivity contribution is 0.0398. The van der Waals surface area contributed by atoms with Gasteiger partial charge in [-0.25, -0.2) is 9.59 Å². The molecule has 2 aromatic rings. The molecule has 0 bridgehead atoms. The van der Waals surface area contributed by atoms with Gasteiger partial charge in [-0.3, -0.25) is 0 Å². The van der Waals surface area contributed by atoms with Crippen LogP contribution in [0.5, 0.6) is 0 Å². The SMILES string of the molecule is CCc1ccc(C(=O)OC(=O)c2ccccc2)cc1. The van der Waals surface area contributed by atoms with Crippen molar-refractivity contribution in [2.24, 2.45) is 0 Å². The molecule has 0 amide bonds. The average molecular weight is 254 g/mol. The predicted octanol–water partition coefficient (Wildman–Crippen LogP) is 3.25. The molecule has 0 atom stereocenters. The Bertz CT molecular complexity index is 571. The summed E-state index contributed by atoms with van der Waals surface area (Å²) in [5, 5.41) is 0. The van der Waals surface area contributed by atoms with Gasteiger partial charge in [0.25, 0.3) is 0 Å². The Labute approximate surface area is 111 Å². The first kappa shape index (κ1) is 13.0. The van der Waals surface area contributed by atoms with E-state index in [1.807, 2.05) is 19.1 Å². The van der Waals surface area contributed by atoms with Gasteiger partial charge in [0.1, 0.15) is 0 Å². The lowest BCUT2D eigenvalue weighted by atomic mass is 10.1. The van der Waals surface area contributed by atoms with Crippen LogP contribution in [0.15, 0.2) is 54.6 Å². The fourth-order valence-electron chi connectivity index (χ4n) is 1.65. The Balaban J connectivity index is 2.06. The van der Waals surface area contributed by atoms with Crippen LogP contribution in [0.25, 0.3) is 0 Å². The first-order valence-electron chi connectivity index (χ1n) is 6.11. The van der Waals surface area contributed by atoms with Gasteiger partial charge in [-0.1, -0.05) is 37.3 Å². The van der Waals surface area contributed by atoms with E-state index in [2.05, 4.69) is 0 Å². The second-order valence-electron chi connectivity index (χ2n) is 4.09. The van der Waals surface area contributed by atoms with Crippen molar-refractivity contribution >= 4 is 11.9 Å². The Morgan fingerprint density at radius 3 is 1.89 bits per heavy atom. The lowest BCUT2D eigenvalue weighted by Gasteiger charge is -2.03. The van der Waals surface area contributed by atoms with E-state index in [1.54, 1.807) is 42.5 Å². The first-order valence-corrected chi connectivity index (χ1v) is 6.11. The van der Waals surface area contributed by atoms with E-state index in [-0.39, 0.29) is 0 Å². The zero-order chi connectivity index (χ0) is 13.7. The molecule has 3 nitrogen and oxygen atoms in total. The van der Waals surface area contributed by atoms with E-state index in [0.717, 1.165) is 12.0 Å². The molecule has 96 valence electrons. The molecule has 0 heterocycles. The summed E-state index contributed by atoms with van der Waals surface area (Å²) in [6, 6.07) is 15.5. The normalized spacial score (nSPS) is 9.95. The summed E-state index contributed by atoms with van der Waals surface area (Å²) in [5.74, 6) is -1.26. The highest BCUT2D eigenvalue weighted by atomic mass is 16.6. The van der Waals surface area contributed by atoms with Crippen LogP contribution in [0.2, 0.25) is 0 Å². The summed E-state index contributed by atoms with van der Waals surface area (Å²) in [7, 11) is 0. The van der Waals surface area contributed by atoms with Gasteiger partial charge in [0.15, 0.2) is 0 Å². The Morgan fingerprint density at radius 2 is 1.37 bits per heavy atom. The molecule has 0 aliphatic carbocycles. The molecule has 0 saturated heterocycles. The highest BCUT2D eigenvalue weighted by molar-refractivity contribution is 6.02. The quantitative estimate of drug-likeness (QED) is 0.623. The van der Waals surface area contributed by atoms with Crippen molar-refractivity contribution in [1.82, 2.24) is 0 Å². The fraction of sp³-hybridized carbons (Fsp3) is 0.125. The van der Waals surface area contributed by atoms with Crippen LogP contribution in [0.3, 0.4) is 0 Å². The molecule has 0 saturated carbocycles. The van der Waals surface area contributed by atoms with Crippen LogP contribution >= 0.6 is 0 Å². The summed E-state index contributed by atoms with van der Waals surface area (Å²) in [6.07, 6.45) is 0.901. The smallest absolute Gasteiger partial charge is 0.346 e. The van der Waals surface area contributed by atoms with Gasteiger partial charge in [-0.2, -0.15) is 0 Å². The minimum absolute atomic E-state index is 0.362. The topological polar surface area (TPSA) is 43.4 Å². The van der Waals surface area contributed by atoms with Crippen LogP contribution in [-0.2, 0) is 11.2 Å². The third-order valence-corrected chi connectivity index (χ3v) is 2.79. The molecule has 0 fully saturated rings. The monoisotopic (exact) mass is 254 g/mol. The van der Waals surface area contributed by atoms with Crippen LogP contribution in [0, 0.1) is 0 Å². The van der Waals surface area contributed by atoms with Crippen molar-refractivity contribution in [1.29, 1.82) is 0 Å². The van der Waals surface area contributed by atoms with E-state index in [0.29, 0.717) is 11.1 Å². The Kier molecular flexibility index (Phi) is 4.08. The van der Waals surface area contributed by atoms with Gasteiger partial charge >= 0.3 is 11.9 Å². The van der Waals surface area contributed by atoms with Crippen molar-refractivity contribution in [2.45, 2.75) is 13.3 Å². The van der Waals surface area contributed by atoms with Gasteiger partial charge in [0.05, 0.1) is 11.1 Å². The van der Waals surface area contributed by atoms with Crippen molar-refractivity contribution in [3.05, 3.63) is 71.3 Å². The molecular formula is C16H14O3. The van der Waals surface area contributed by atoms with Crippen molar-refractivity contribution < 1.29 is 14.3 Å². The molecular weight excluding hydrogens is 240 g/mol. The van der Waals surface area contributed by atoms with Gasteiger partial charge in [0, 0.05) is 0 Å². The number of hydrogen-bond acceptors (Lipinski definition) is 3.